The van der Waals surface area contributed by atoms with Crippen LogP contribution in [0, 0.1) is 0 Å². The number of carbonyl (C=O) groups is 2. The lowest BCUT2D eigenvalue weighted by Gasteiger charge is -2.14. The summed E-state index contributed by atoms with van der Waals surface area (Å²) in [4.78, 5) is 51.8. The third-order valence-electron chi connectivity index (χ3n) is 5.90. The van der Waals surface area contributed by atoms with Gasteiger partial charge in [-0.1, -0.05) is 54.6 Å². The van der Waals surface area contributed by atoms with Crippen molar-refractivity contribution in [1.82, 2.24) is 14.5 Å². The van der Waals surface area contributed by atoms with Gasteiger partial charge in [-0.15, -0.1) is 0 Å². The number of hydrogen-bond donors (Lipinski definition) is 1. The number of aromatic nitrogens is 2. The van der Waals surface area contributed by atoms with Gasteiger partial charge in [0, 0.05) is 31.4 Å². The summed E-state index contributed by atoms with van der Waals surface area (Å²) in [5, 5.41) is 3.17. The summed E-state index contributed by atoms with van der Waals surface area (Å²) in [5.41, 5.74) is 1.06. The number of fused-ring (bicyclic) bond motifs is 1. The SMILES string of the molecule is COCCCNC(=O)c1ccc(Cn2c(=O)c3ccccc3n(CC(=O)c3ccccc3)c2=O)cc1. The second-order valence-electron chi connectivity index (χ2n) is 8.37. The second kappa shape index (κ2) is 11.4. The molecule has 0 aliphatic heterocycles. The van der Waals surface area contributed by atoms with Crippen molar-refractivity contribution in [3.63, 3.8) is 0 Å². The number of nitrogens with one attached hydrogen (secondary N) is 1. The fourth-order valence-corrected chi connectivity index (χ4v) is 3.99. The van der Waals surface area contributed by atoms with Gasteiger partial charge in [0.25, 0.3) is 11.5 Å². The summed E-state index contributed by atoms with van der Waals surface area (Å²) in [6.45, 7) is 0.889. The number of amides is 1. The lowest BCUT2D eigenvalue weighted by Crippen LogP contribution is -2.41. The van der Waals surface area contributed by atoms with E-state index in [0.717, 1.165) is 4.57 Å². The molecule has 0 atom stereocenters. The van der Waals surface area contributed by atoms with Gasteiger partial charge in [0.15, 0.2) is 5.78 Å². The van der Waals surface area contributed by atoms with Gasteiger partial charge in [-0.05, 0) is 36.2 Å². The summed E-state index contributed by atoms with van der Waals surface area (Å²) in [7, 11) is 1.61. The van der Waals surface area contributed by atoms with Gasteiger partial charge in [-0.2, -0.15) is 0 Å². The van der Waals surface area contributed by atoms with E-state index in [0.29, 0.717) is 47.2 Å². The molecule has 0 aliphatic rings. The Hall–Kier alpha value is -4.30. The van der Waals surface area contributed by atoms with Gasteiger partial charge < -0.3 is 10.1 Å². The van der Waals surface area contributed by atoms with E-state index < -0.39 is 11.2 Å². The number of nitrogens with zero attached hydrogens (tertiary/aromatic N) is 2. The first-order chi connectivity index (χ1) is 17.5. The van der Waals surface area contributed by atoms with Crippen molar-refractivity contribution in [2.45, 2.75) is 19.5 Å². The minimum atomic E-state index is -0.567. The number of methoxy groups -OCH3 is 1. The average molecular weight is 486 g/mol. The van der Waals surface area contributed by atoms with Crippen molar-refractivity contribution in [1.29, 1.82) is 0 Å². The van der Waals surface area contributed by atoms with E-state index in [1.54, 1.807) is 79.9 Å². The topological polar surface area (TPSA) is 99.4 Å². The van der Waals surface area contributed by atoms with E-state index in [1.165, 1.54) is 4.57 Å². The standard InChI is InChI=1S/C28H27N3O5/c1-36-17-7-16-29-26(33)22-14-12-20(13-15-22)18-31-27(34)23-10-5-6-11-24(23)30(28(31)35)19-25(32)21-8-3-2-4-9-21/h2-6,8-15H,7,16-19H2,1H3,(H,29,33). The molecule has 36 heavy (non-hydrogen) atoms. The Morgan fingerprint density at radius 3 is 2.25 bits per heavy atom. The van der Waals surface area contributed by atoms with Crippen molar-refractivity contribution < 1.29 is 14.3 Å². The normalized spacial score (nSPS) is 10.9. The highest BCUT2D eigenvalue weighted by molar-refractivity contribution is 5.96. The van der Waals surface area contributed by atoms with Crippen molar-refractivity contribution in [3.8, 4) is 0 Å². The van der Waals surface area contributed by atoms with Crippen LogP contribution in [0.3, 0.4) is 0 Å². The monoisotopic (exact) mass is 485 g/mol. The maximum Gasteiger partial charge on any atom is 0.332 e. The minimum absolute atomic E-state index is 0.0117. The molecule has 1 N–H and O–H groups in total. The van der Waals surface area contributed by atoms with Crippen LogP contribution in [0.1, 0.15) is 32.7 Å². The molecule has 0 bridgehead atoms. The van der Waals surface area contributed by atoms with Crippen LogP contribution < -0.4 is 16.6 Å². The zero-order chi connectivity index (χ0) is 25.5. The molecule has 1 amide bonds. The van der Waals surface area contributed by atoms with E-state index >= 15 is 0 Å². The number of hydrogen-bond acceptors (Lipinski definition) is 5. The highest BCUT2D eigenvalue weighted by Gasteiger charge is 2.16. The number of rotatable bonds is 10. The Kier molecular flexibility index (Phi) is 7.87. The quantitative estimate of drug-likeness (QED) is 0.275. The Balaban J connectivity index is 1.63. The van der Waals surface area contributed by atoms with Crippen molar-refractivity contribution in [3.05, 3.63) is 116 Å². The molecule has 3 aromatic carbocycles. The number of ketones is 1. The minimum Gasteiger partial charge on any atom is -0.385 e. The summed E-state index contributed by atoms with van der Waals surface area (Å²) >= 11 is 0. The van der Waals surface area contributed by atoms with E-state index in [1.807, 2.05) is 6.07 Å². The lowest BCUT2D eigenvalue weighted by molar-refractivity contribution is 0.0946. The van der Waals surface area contributed by atoms with Crippen LogP contribution >= 0.6 is 0 Å². The maximum absolute atomic E-state index is 13.4. The molecule has 0 saturated heterocycles. The molecule has 8 heteroatoms. The van der Waals surface area contributed by atoms with Crippen molar-refractivity contribution in [2.75, 3.05) is 20.3 Å². The van der Waals surface area contributed by atoms with Gasteiger partial charge in [0.2, 0.25) is 0 Å². The van der Waals surface area contributed by atoms with Gasteiger partial charge in [0.1, 0.15) is 0 Å². The number of ether oxygens (including phenoxy) is 1. The molecule has 0 spiro atoms. The zero-order valence-electron chi connectivity index (χ0n) is 20.0. The first-order valence-electron chi connectivity index (χ1n) is 11.7. The smallest absolute Gasteiger partial charge is 0.332 e. The molecule has 4 rings (SSSR count). The summed E-state index contributed by atoms with van der Waals surface area (Å²) < 4.78 is 7.44. The Morgan fingerprint density at radius 1 is 0.833 bits per heavy atom. The highest BCUT2D eigenvalue weighted by atomic mass is 16.5. The number of Topliss-reactive ketones (excluding diaryl/α,β-unsaturated/α-hetero) is 1. The fraction of sp³-hybridized carbons (Fsp3) is 0.214. The van der Waals surface area contributed by atoms with Gasteiger partial charge >= 0.3 is 5.69 Å². The van der Waals surface area contributed by atoms with Crippen molar-refractivity contribution in [2.24, 2.45) is 0 Å². The summed E-state index contributed by atoms with van der Waals surface area (Å²) in [5.74, 6) is -0.434. The second-order valence-corrected chi connectivity index (χ2v) is 8.37. The van der Waals surface area contributed by atoms with E-state index in [9.17, 15) is 19.2 Å². The van der Waals surface area contributed by atoms with Crippen LogP contribution in [0.15, 0.2) is 88.5 Å². The number of carbonyl (C=O) groups excluding carboxylic acids is 2. The maximum atomic E-state index is 13.4. The zero-order valence-corrected chi connectivity index (χ0v) is 20.0. The molecule has 0 saturated carbocycles. The first kappa shape index (κ1) is 24.8. The Morgan fingerprint density at radius 2 is 1.53 bits per heavy atom. The molecular formula is C28H27N3O5. The third-order valence-corrected chi connectivity index (χ3v) is 5.90. The van der Waals surface area contributed by atoms with Crippen LogP contribution in [0.2, 0.25) is 0 Å². The van der Waals surface area contributed by atoms with E-state index in [4.69, 9.17) is 4.74 Å². The van der Waals surface area contributed by atoms with Crippen molar-refractivity contribution >= 4 is 22.6 Å². The molecule has 0 aliphatic carbocycles. The molecule has 0 radical (unpaired) electrons. The number of benzene rings is 3. The largest absolute Gasteiger partial charge is 0.385 e. The summed E-state index contributed by atoms with van der Waals surface area (Å²) in [6.07, 6.45) is 0.713. The molecule has 1 aromatic heterocycles. The molecule has 4 aromatic rings. The summed E-state index contributed by atoms with van der Waals surface area (Å²) in [6, 6.07) is 22.2. The van der Waals surface area contributed by atoms with Crippen LogP contribution in [0.4, 0.5) is 0 Å². The predicted molar refractivity (Wildman–Crippen MR) is 138 cm³/mol. The Labute approximate surface area is 207 Å². The molecule has 1 heterocycles. The van der Waals surface area contributed by atoms with Gasteiger partial charge in [-0.3, -0.25) is 23.5 Å². The average Bonchev–Trinajstić information content (AvgIpc) is 2.92. The molecular weight excluding hydrogens is 458 g/mol. The van der Waals surface area contributed by atoms with Crippen LogP contribution in [0.25, 0.3) is 10.9 Å². The van der Waals surface area contributed by atoms with Crippen LogP contribution in [0.5, 0.6) is 0 Å². The third kappa shape index (κ3) is 5.50. The first-order valence-corrected chi connectivity index (χ1v) is 11.7. The van der Waals surface area contributed by atoms with Crippen LogP contribution in [-0.2, 0) is 17.8 Å². The van der Waals surface area contributed by atoms with E-state index in [-0.39, 0.29) is 24.8 Å². The fourth-order valence-electron chi connectivity index (χ4n) is 3.99. The Bertz CT molecular complexity index is 1490. The molecule has 184 valence electrons. The predicted octanol–water partition coefficient (Wildman–Crippen LogP) is 2.86. The van der Waals surface area contributed by atoms with Crippen LogP contribution in [-0.4, -0.2) is 41.1 Å². The lowest BCUT2D eigenvalue weighted by atomic mass is 10.1. The van der Waals surface area contributed by atoms with E-state index in [2.05, 4.69) is 5.32 Å². The molecule has 8 nitrogen and oxygen atoms in total. The molecule has 0 unspecified atom stereocenters. The number of para-hydroxylation sites is 1. The van der Waals surface area contributed by atoms with Gasteiger partial charge in [-0.25, -0.2) is 4.79 Å². The van der Waals surface area contributed by atoms with Gasteiger partial charge in [0.05, 0.1) is 24.0 Å². The highest BCUT2D eigenvalue weighted by Crippen LogP contribution is 2.11. The molecule has 0 fully saturated rings.